The van der Waals surface area contributed by atoms with Gasteiger partial charge in [-0.05, 0) is 39.8 Å². The summed E-state index contributed by atoms with van der Waals surface area (Å²) >= 11 is 6.03. The van der Waals surface area contributed by atoms with Crippen molar-refractivity contribution in [1.82, 2.24) is 0 Å². The third kappa shape index (κ3) is 2.42. The molecule has 1 aromatic rings. The highest BCUT2D eigenvalue weighted by Gasteiger charge is 2.52. The largest absolute Gasteiger partial charge is 0.497 e. The fourth-order valence-corrected chi connectivity index (χ4v) is 2.16. The van der Waals surface area contributed by atoms with E-state index in [0.29, 0.717) is 16.5 Å². The maximum atomic E-state index is 6.03. The molecule has 0 unspecified atom stereocenters. The molecule has 6 heteroatoms. The number of methoxy groups -OCH3 is 1. The average Bonchev–Trinajstić information content (AvgIpc) is 2.48. The highest BCUT2D eigenvalue weighted by Crippen LogP contribution is 2.37. The van der Waals surface area contributed by atoms with Crippen LogP contribution in [0.3, 0.4) is 0 Å². The van der Waals surface area contributed by atoms with Crippen molar-refractivity contribution in [3.8, 4) is 5.75 Å². The molecule has 1 saturated heterocycles. The van der Waals surface area contributed by atoms with Crippen molar-refractivity contribution < 1.29 is 14.0 Å². The maximum absolute atomic E-state index is 6.03. The second-order valence-electron chi connectivity index (χ2n) is 5.70. The van der Waals surface area contributed by atoms with Crippen molar-refractivity contribution >= 4 is 29.9 Å². The fourth-order valence-electron chi connectivity index (χ4n) is 1.92. The smallest absolute Gasteiger partial charge is 0.495 e. The zero-order valence-electron chi connectivity index (χ0n) is 11.9. The van der Waals surface area contributed by atoms with Crippen LogP contribution in [0, 0.1) is 0 Å². The summed E-state index contributed by atoms with van der Waals surface area (Å²) in [6.45, 7) is 7.99. The van der Waals surface area contributed by atoms with Crippen molar-refractivity contribution in [1.29, 1.82) is 0 Å². The molecule has 1 fully saturated rings. The second kappa shape index (κ2) is 4.58. The van der Waals surface area contributed by atoms with E-state index in [1.807, 2.05) is 27.7 Å². The Morgan fingerprint density at radius 2 is 1.68 bits per heavy atom. The number of anilines is 1. The first-order valence-corrected chi connectivity index (χ1v) is 6.54. The zero-order chi connectivity index (χ0) is 14.4. The van der Waals surface area contributed by atoms with Gasteiger partial charge in [0.1, 0.15) is 5.75 Å². The molecule has 2 N–H and O–H groups in total. The molecule has 0 bridgehead atoms. The first kappa shape index (κ1) is 14.5. The van der Waals surface area contributed by atoms with E-state index in [0.717, 1.165) is 5.46 Å². The highest BCUT2D eigenvalue weighted by atomic mass is 35.5. The van der Waals surface area contributed by atoms with Gasteiger partial charge in [-0.2, -0.15) is 0 Å². The summed E-state index contributed by atoms with van der Waals surface area (Å²) in [5.41, 5.74) is 6.46. The normalized spacial score (nSPS) is 20.6. The predicted octanol–water partition coefficient (Wildman–Crippen LogP) is 2.23. The molecule has 0 saturated carbocycles. The van der Waals surface area contributed by atoms with Crippen LogP contribution in [-0.4, -0.2) is 25.4 Å². The predicted molar refractivity (Wildman–Crippen MR) is 78.1 cm³/mol. The summed E-state index contributed by atoms with van der Waals surface area (Å²) in [5.74, 6) is 0.556. The molecule has 1 heterocycles. The number of halogens is 1. The number of nitrogen functional groups attached to an aromatic ring is 1. The van der Waals surface area contributed by atoms with E-state index in [4.69, 9.17) is 31.4 Å². The lowest BCUT2D eigenvalue weighted by Gasteiger charge is -2.32. The Kier molecular flexibility index (Phi) is 3.50. The molecule has 0 aromatic heterocycles. The maximum Gasteiger partial charge on any atom is 0.497 e. The molecule has 1 aromatic carbocycles. The van der Waals surface area contributed by atoms with Gasteiger partial charge in [0.05, 0.1) is 23.3 Å². The van der Waals surface area contributed by atoms with Crippen LogP contribution in [0.4, 0.5) is 5.69 Å². The van der Waals surface area contributed by atoms with Crippen LogP contribution in [0.2, 0.25) is 5.02 Å². The van der Waals surface area contributed by atoms with Gasteiger partial charge in [-0.1, -0.05) is 11.6 Å². The minimum atomic E-state index is -0.517. The third-order valence-electron chi connectivity index (χ3n) is 3.86. The summed E-state index contributed by atoms with van der Waals surface area (Å²) < 4.78 is 17.1. The van der Waals surface area contributed by atoms with Gasteiger partial charge in [0, 0.05) is 11.2 Å². The molecular formula is C13H19BClNO3. The van der Waals surface area contributed by atoms with Crippen LogP contribution in [0.25, 0.3) is 0 Å². The summed E-state index contributed by atoms with van der Waals surface area (Å²) in [6.07, 6.45) is 0. The molecular weight excluding hydrogens is 264 g/mol. The minimum absolute atomic E-state index is 0.406. The number of nitrogens with two attached hydrogens (primary N) is 1. The number of benzene rings is 1. The van der Waals surface area contributed by atoms with Crippen molar-refractivity contribution in [2.45, 2.75) is 38.9 Å². The van der Waals surface area contributed by atoms with Gasteiger partial charge < -0.3 is 19.8 Å². The van der Waals surface area contributed by atoms with E-state index in [2.05, 4.69) is 0 Å². The Hall–Kier alpha value is -0.905. The van der Waals surface area contributed by atoms with Gasteiger partial charge in [0.25, 0.3) is 0 Å². The third-order valence-corrected chi connectivity index (χ3v) is 4.16. The number of rotatable bonds is 2. The molecule has 19 heavy (non-hydrogen) atoms. The lowest BCUT2D eigenvalue weighted by atomic mass is 9.78. The van der Waals surface area contributed by atoms with Crippen molar-refractivity contribution in [3.63, 3.8) is 0 Å². The molecule has 4 nitrogen and oxygen atoms in total. The standard InChI is InChI=1S/C13H19BClNO3/c1-12(2)13(3,4)19-14(18-12)8-6-11(17-5)9(15)7-10(8)16/h6-7H,16H2,1-5H3. The quantitative estimate of drug-likeness (QED) is 0.668. The molecule has 0 radical (unpaired) electrons. The molecule has 1 aliphatic rings. The van der Waals surface area contributed by atoms with Gasteiger partial charge in [0.2, 0.25) is 0 Å². The number of hydrogen-bond acceptors (Lipinski definition) is 4. The van der Waals surface area contributed by atoms with Gasteiger partial charge in [-0.3, -0.25) is 0 Å². The number of ether oxygens (including phenoxy) is 1. The van der Waals surface area contributed by atoms with Crippen LogP contribution < -0.4 is 15.9 Å². The number of hydrogen-bond donors (Lipinski definition) is 1. The Labute approximate surface area is 119 Å². The lowest BCUT2D eigenvalue weighted by molar-refractivity contribution is 0.00578. The summed E-state index contributed by atoms with van der Waals surface area (Å²) in [4.78, 5) is 0. The van der Waals surface area contributed by atoms with Gasteiger partial charge >= 0.3 is 7.12 Å². The van der Waals surface area contributed by atoms with Gasteiger partial charge in [0.15, 0.2) is 0 Å². The van der Waals surface area contributed by atoms with E-state index >= 15 is 0 Å². The van der Waals surface area contributed by atoms with Gasteiger partial charge in [-0.15, -0.1) is 0 Å². The Morgan fingerprint density at radius 3 is 2.16 bits per heavy atom. The van der Waals surface area contributed by atoms with E-state index in [-0.39, 0.29) is 0 Å². The molecule has 1 aliphatic heterocycles. The topological polar surface area (TPSA) is 53.7 Å². The van der Waals surface area contributed by atoms with Crippen molar-refractivity contribution in [2.24, 2.45) is 0 Å². The van der Waals surface area contributed by atoms with Crippen LogP contribution in [0.5, 0.6) is 5.75 Å². The molecule has 0 atom stereocenters. The van der Waals surface area contributed by atoms with Crippen molar-refractivity contribution in [3.05, 3.63) is 17.2 Å². The zero-order valence-corrected chi connectivity index (χ0v) is 12.7. The summed E-state index contributed by atoms with van der Waals surface area (Å²) in [6, 6.07) is 3.42. The fraction of sp³-hybridized carbons (Fsp3) is 0.538. The highest BCUT2D eigenvalue weighted by molar-refractivity contribution is 6.64. The van der Waals surface area contributed by atoms with Gasteiger partial charge in [-0.25, -0.2) is 0 Å². The Morgan fingerprint density at radius 1 is 1.16 bits per heavy atom. The van der Waals surface area contributed by atoms with E-state index in [1.54, 1.807) is 19.2 Å². The molecule has 2 rings (SSSR count). The van der Waals surface area contributed by atoms with Crippen molar-refractivity contribution in [2.75, 3.05) is 12.8 Å². The molecule has 0 amide bonds. The molecule has 104 valence electrons. The monoisotopic (exact) mass is 283 g/mol. The second-order valence-corrected chi connectivity index (χ2v) is 6.11. The van der Waals surface area contributed by atoms with E-state index in [1.165, 1.54) is 0 Å². The lowest BCUT2D eigenvalue weighted by Crippen LogP contribution is -2.41. The SMILES string of the molecule is COc1cc(B2OC(C)(C)C(C)(C)O2)c(N)cc1Cl. The first-order valence-electron chi connectivity index (χ1n) is 6.16. The molecule has 0 aliphatic carbocycles. The average molecular weight is 284 g/mol. The van der Waals surface area contributed by atoms with Crippen LogP contribution in [0.1, 0.15) is 27.7 Å². The summed E-state index contributed by atoms with van der Waals surface area (Å²) in [5, 5.41) is 0.472. The van der Waals surface area contributed by atoms with E-state index in [9.17, 15) is 0 Å². The van der Waals surface area contributed by atoms with Crippen LogP contribution >= 0.6 is 11.6 Å². The summed E-state index contributed by atoms with van der Waals surface area (Å²) in [7, 11) is 1.04. The van der Waals surface area contributed by atoms with Crippen LogP contribution in [0.15, 0.2) is 12.1 Å². The molecule has 0 spiro atoms. The minimum Gasteiger partial charge on any atom is -0.495 e. The van der Waals surface area contributed by atoms with Crippen LogP contribution in [-0.2, 0) is 9.31 Å². The Balaban J connectivity index is 2.39. The first-order chi connectivity index (χ1) is 8.68. The van der Waals surface area contributed by atoms with E-state index < -0.39 is 18.3 Å². The Bertz CT molecular complexity index is 489.